The Balaban J connectivity index is 1.72. The monoisotopic (exact) mass is 419 g/mol. The third kappa shape index (κ3) is 3.80. The fourth-order valence-electron chi connectivity index (χ4n) is 3.00. The Morgan fingerprint density at radius 1 is 1.46 bits per heavy atom. The molecule has 1 aromatic heterocycles. The van der Waals surface area contributed by atoms with Gasteiger partial charge in [-0.1, -0.05) is 11.6 Å². The number of carbonyl (C=O) groups is 1. The van der Waals surface area contributed by atoms with Gasteiger partial charge in [-0.2, -0.15) is 8.78 Å². The summed E-state index contributed by atoms with van der Waals surface area (Å²) in [6.07, 6.45) is 0.672. The van der Waals surface area contributed by atoms with E-state index in [-0.39, 0.29) is 11.7 Å². The van der Waals surface area contributed by atoms with E-state index in [1.165, 1.54) is 6.20 Å². The first-order valence-electron chi connectivity index (χ1n) is 8.48. The number of alkyl halides is 5. The predicted octanol–water partition coefficient (Wildman–Crippen LogP) is 3.55. The van der Waals surface area contributed by atoms with Crippen molar-refractivity contribution in [2.24, 2.45) is 0 Å². The zero-order chi connectivity index (χ0) is 20.6. The number of aromatic nitrogens is 1. The number of aryl methyl sites for hydroxylation is 1. The van der Waals surface area contributed by atoms with Gasteiger partial charge in [0.05, 0.1) is 17.9 Å². The number of halogens is 5. The quantitative estimate of drug-likeness (QED) is 0.435. The van der Waals surface area contributed by atoms with E-state index in [1.54, 1.807) is 37.1 Å². The Morgan fingerprint density at radius 3 is 2.79 bits per heavy atom. The van der Waals surface area contributed by atoms with Gasteiger partial charge in [-0.05, 0) is 43.3 Å². The molecule has 1 aromatic rings. The molecule has 2 atom stereocenters. The van der Waals surface area contributed by atoms with Gasteiger partial charge < -0.3 is 15.0 Å². The Morgan fingerprint density at radius 2 is 2.18 bits per heavy atom. The molecule has 3 heterocycles. The van der Waals surface area contributed by atoms with E-state index in [0.29, 0.717) is 23.4 Å². The first-order chi connectivity index (χ1) is 13.1. The van der Waals surface area contributed by atoms with E-state index in [2.05, 4.69) is 10.3 Å². The summed E-state index contributed by atoms with van der Waals surface area (Å²) in [4.78, 5) is 18.4. The van der Waals surface area contributed by atoms with Crippen LogP contribution in [0.25, 0.3) is 0 Å². The molecule has 0 saturated carbocycles. The van der Waals surface area contributed by atoms with Gasteiger partial charge in [0, 0.05) is 12.1 Å². The van der Waals surface area contributed by atoms with E-state index < -0.39 is 30.5 Å². The number of ether oxygens (including phenoxy) is 1. The molecule has 1 amide bonds. The molecule has 0 bridgehead atoms. The maximum atomic E-state index is 13.0. The van der Waals surface area contributed by atoms with Crippen molar-refractivity contribution in [3.05, 3.63) is 46.9 Å². The topological polar surface area (TPSA) is 54.5 Å². The van der Waals surface area contributed by atoms with Crippen molar-refractivity contribution >= 4 is 17.5 Å². The van der Waals surface area contributed by atoms with Crippen molar-refractivity contribution in [1.29, 1.82) is 0 Å². The molecule has 0 fully saturated rings. The largest absolute Gasteiger partial charge is 0.485 e. The molecule has 0 radical (unpaired) electrons. The lowest BCUT2D eigenvalue weighted by atomic mass is 10.1. The molecule has 0 aliphatic carbocycles. The van der Waals surface area contributed by atoms with Crippen LogP contribution in [0.2, 0.25) is 0 Å². The molecular formula is C18H18ClF4N3O2. The van der Waals surface area contributed by atoms with Crippen molar-refractivity contribution < 1.29 is 27.1 Å². The van der Waals surface area contributed by atoms with Crippen LogP contribution in [0, 0.1) is 6.92 Å². The lowest BCUT2D eigenvalue weighted by Gasteiger charge is -2.25. The predicted molar refractivity (Wildman–Crippen MR) is 94.5 cm³/mol. The summed E-state index contributed by atoms with van der Waals surface area (Å²) in [7, 11) is 0. The van der Waals surface area contributed by atoms with E-state index >= 15 is 0 Å². The number of pyridine rings is 1. The second kappa shape index (κ2) is 7.62. The van der Waals surface area contributed by atoms with Crippen molar-refractivity contribution in [1.82, 2.24) is 15.2 Å². The molecule has 3 rings (SSSR count). The lowest BCUT2D eigenvalue weighted by molar-refractivity contribution is -0.148. The first kappa shape index (κ1) is 20.4. The number of nitrogens with zero attached hydrogens (tertiary/aromatic N) is 2. The van der Waals surface area contributed by atoms with Crippen LogP contribution in [0.4, 0.5) is 17.6 Å². The number of nitrogens with one attached hydrogen (secondary N) is 1. The Bertz CT molecular complexity index is 844. The van der Waals surface area contributed by atoms with E-state index in [1.807, 2.05) is 0 Å². The average molecular weight is 420 g/mol. The number of hydrogen-bond donors (Lipinski definition) is 1. The van der Waals surface area contributed by atoms with Gasteiger partial charge in [-0.3, -0.25) is 9.78 Å². The molecule has 5 nitrogen and oxygen atoms in total. The van der Waals surface area contributed by atoms with Gasteiger partial charge in [0.2, 0.25) is 0 Å². The SMILES string of the molecule is Cc1cc(C(C)N2CC3=C(C=CNC3Cl)C2=O)ncc1OCC(F)(F)C(F)F. The van der Waals surface area contributed by atoms with Crippen LogP contribution in [-0.2, 0) is 4.79 Å². The molecule has 2 aliphatic heterocycles. The maximum absolute atomic E-state index is 13.0. The molecule has 0 aromatic carbocycles. The van der Waals surface area contributed by atoms with Gasteiger partial charge in [-0.15, -0.1) is 0 Å². The van der Waals surface area contributed by atoms with E-state index in [9.17, 15) is 22.4 Å². The van der Waals surface area contributed by atoms with E-state index in [4.69, 9.17) is 16.3 Å². The Labute approximate surface area is 164 Å². The molecule has 1 N–H and O–H groups in total. The molecule has 0 spiro atoms. The van der Waals surface area contributed by atoms with Crippen LogP contribution < -0.4 is 10.1 Å². The normalized spacial score (nSPS) is 20.5. The highest BCUT2D eigenvalue weighted by Gasteiger charge is 2.42. The fourth-order valence-corrected chi connectivity index (χ4v) is 3.26. The molecule has 2 aliphatic rings. The zero-order valence-electron chi connectivity index (χ0n) is 15.1. The second-order valence-corrected chi connectivity index (χ2v) is 7.07. The second-order valence-electron chi connectivity index (χ2n) is 6.64. The average Bonchev–Trinajstić information content (AvgIpc) is 2.98. The molecule has 28 heavy (non-hydrogen) atoms. The number of carbonyl (C=O) groups excluding carboxylic acids is 1. The van der Waals surface area contributed by atoms with Gasteiger partial charge in [-0.25, -0.2) is 8.78 Å². The molecule has 2 unspecified atom stereocenters. The number of hydrogen-bond acceptors (Lipinski definition) is 4. The minimum absolute atomic E-state index is 0.0191. The molecule has 10 heteroatoms. The third-order valence-electron chi connectivity index (χ3n) is 4.70. The van der Waals surface area contributed by atoms with E-state index in [0.717, 1.165) is 5.57 Å². The fraction of sp³-hybridized carbons (Fsp3) is 0.444. The number of rotatable bonds is 6. The van der Waals surface area contributed by atoms with Crippen LogP contribution in [0.3, 0.4) is 0 Å². The van der Waals surface area contributed by atoms with Crippen LogP contribution >= 0.6 is 11.6 Å². The minimum atomic E-state index is -4.25. The summed E-state index contributed by atoms with van der Waals surface area (Å²) in [6.45, 7) is 2.26. The van der Waals surface area contributed by atoms with Crippen LogP contribution in [0.1, 0.15) is 24.2 Å². The van der Waals surface area contributed by atoms with Crippen molar-refractivity contribution in [3.63, 3.8) is 0 Å². The van der Waals surface area contributed by atoms with Gasteiger partial charge >= 0.3 is 12.3 Å². The van der Waals surface area contributed by atoms with Crippen LogP contribution in [-0.4, -0.2) is 46.8 Å². The van der Waals surface area contributed by atoms with Crippen molar-refractivity contribution in [3.8, 4) is 5.75 Å². The van der Waals surface area contributed by atoms with Crippen molar-refractivity contribution in [2.75, 3.05) is 13.2 Å². The first-order valence-corrected chi connectivity index (χ1v) is 8.91. The highest BCUT2D eigenvalue weighted by atomic mass is 35.5. The summed E-state index contributed by atoms with van der Waals surface area (Å²) in [5.41, 5.74) is 1.80. The summed E-state index contributed by atoms with van der Waals surface area (Å²) in [6, 6.07) is 1.17. The maximum Gasteiger partial charge on any atom is 0.340 e. The highest BCUT2D eigenvalue weighted by molar-refractivity contribution is 6.23. The summed E-state index contributed by atoms with van der Waals surface area (Å²) in [5.74, 6) is -4.44. The summed E-state index contributed by atoms with van der Waals surface area (Å²) in [5, 5.41) is 2.93. The Hall–Kier alpha value is -2.29. The van der Waals surface area contributed by atoms with Crippen molar-refractivity contribution in [2.45, 2.75) is 37.7 Å². The van der Waals surface area contributed by atoms with Gasteiger partial charge in [0.15, 0.2) is 6.61 Å². The minimum Gasteiger partial charge on any atom is -0.485 e. The van der Waals surface area contributed by atoms with Gasteiger partial charge in [0.1, 0.15) is 11.3 Å². The standard InChI is InChI=1S/C18H18ClF4N3O2/c1-9-5-13(25-6-14(9)28-8-18(22,23)17(20)21)10(2)26-7-12-11(16(26)27)3-4-24-15(12)19/h3-6,10,15,17,24H,7-8H2,1-2H3. The molecule has 152 valence electrons. The highest BCUT2D eigenvalue weighted by Crippen LogP contribution is 2.34. The smallest absolute Gasteiger partial charge is 0.340 e. The van der Waals surface area contributed by atoms with Gasteiger partial charge in [0.25, 0.3) is 5.91 Å². The zero-order valence-corrected chi connectivity index (χ0v) is 15.8. The molecular weight excluding hydrogens is 402 g/mol. The number of dihydropyridines is 1. The lowest BCUT2D eigenvalue weighted by Crippen LogP contribution is -2.34. The number of amides is 1. The Kier molecular flexibility index (Phi) is 5.56. The van der Waals surface area contributed by atoms with Crippen LogP contribution in [0.5, 0.6) is 5.75 Å². The van der Waals surface area contributed by atoms with Crippen LogP contribution in [0.15, 0.2) is 35.7 Å². The summed E-state index contributed by atoms with van der Waals surface area (Å²) < 4.78 is 55.4. The third-order valence-corrected chi connectivity index (χ3v) is 5.08. The molecule has 0 saturated heterocycles. The summed E-state index contributed by atoms with van der Waals surface area (Å²) >= 11 is 6.19.